The van der Waals surface area contributed by atoms with Gasteiger partial charge >= 0.3 is 0 Å². The summed E-state index contributed by atoms with van der Waals surface area (Å²) in [6, 6.07) is 1.83. The lowest BCUT2D eigenvalue weighted by Gasteiger charge is -1.79. The minimum atomic E-state index is -0.119. The van der Waals surface area contributed by atoms with E-state index < -0.39 is 0 Å². The molecule has 0 amide bonds. The van der Waals surface area contributed by atoms with Crippen LogP contribution in [0.3, 0.4) is 0 Å². The minimum absolute atomic E-state index is 0.119. The lowest BCUT2D eigenvalue weighted by Crippen LogP contribution is -1.72. The van der Waals surface area contributed by atoms with Gasteiger partial charge in [0, 0.05) is 0 Å². The van der Waals surface area contributed by atoms with Gasteiger partial charge in [0.05, 0.1) is 5.56 Å². The van der Waals surface area contributed by atoms with Crippen LogP contribution in [0.25, 0.3) is 0 Å². The van der Waals surface area contributed by atoms with Gasteiger partial charge in [-0.1, -0.05) is 23.4 Å². The highest BCUT2D eigenvalue weighted by atomic mass is 35.5. The Kier molecular flexibility index (Phi) is 2.76. The average Bonchev–Trinajstić information content (AvgIpc) is 2.31. The molecule has 1 aromatic rings. The Balaban J connectivity index is 2.84. The van der Waals surface area contributed by atoms with Gasteiger partial charge in [-0.15, -0.1) is 11.3 Å². The van der Waals surface area contributed by atoms with Crippen molar-refractivity contribution in [3.8, 4) is 11.8 Å². The van der Waals surface area contributed by atoms with Gasteiger partial charge in [-0.3, -0.25) is 0 Å². The quantitative estimate of drug-likeness (QED) is 0.592. The van der Waals surface area contributed by atoms with Crippen LogP contribution in [0.4, 0.5) is 0 Å². The summed E-state index contributed by atoms with van der Waals surface area (Å²) >= 11 is 7.15. The zero-order valence-electron chi connectivity index (χ0n) is 5.10. The van der Waals surface area contributed by atoms with E-state index in [1.165, 1.54) is 11.3 Å². The molecule has 0 saturated heterocycles. The van der Waals surface area contributed by atoms with E-state index >= 15 is 0 Å². The number of thiophene rings is 1. The second kappa shape index (κ2) is 3.62. The molecule has 0 aromatic carbocycles. The maximum atomic E-state index is 8.34. The van der Waals surface area contributed by atoms with Crippen molar-refractivity contribution in [2.45, 2.75) is 0 Å². The summed E-state index contributed by atoms with van der Waals surface area (Å²) in [6.45, 7) is -0.119. The Morgan fingerprint density at radius 3 is 3.00 bits per heavy atom. The average molecular weight is 173 g/mol. The van der Waals surface area contributed by atoms with Crippen molar-refractivity contribution in [1.82, 2.24) is 0 Å². The lowest BCUT2D eigenvalue weighted by atomic mass is 10.3. The summed E-state index contributed by atoms with van der Waals surface area (Å²) in [5, 5.41) is 10.2. The van der Waals surface area contributed by atoms with Crippen LogP contribution in [0.5, 0.6) is 0 Å². The molecular formula is C7H5ClOS. The van der Waals surface area contributed by atoms with E-state index in [-0.39, 0.29) is 6.61 Å². The molecule has 0 aliphatic carbocycles. The summed E-state index contributed by atoms with van der Waals surface area (Å²) in [7, 11) is 0. The normalized spacial score (nSPS) is 8.60. The molecule has 1 aromatic heterocycles. The highest BCUT2D eigenvalue weighted by Gasteiger charge is 1.94. The second-order valence-electron chi connectivity index (χ2n) is 1.57. The van der Waals surface area contributed by atoms with Gasteiger partial charge in [0.2, 0.25) is 0 Å². The van der Waals surface area contributed by atoms with Crippen molar-refractivity contribution >= 4 is 22.9 Å². The largest absolute Gasteiger partial charge is 0.384 e. The fourth-order valence-corrected chi connectivity index (χ4v) is 1.35. The van der Waals surface area contributed by atoms with Crippen LogP contribution in [0.1, 0.15) is 5.56 Å². The van der Waals surface area contributed by atoms with E-state index in [0.29, 0.717) is 4.34 Å². The number of aliphatic hydroxyl groups is 1. The molecule has 10 heavy (non-hydrogen) atoms. The van der Waals surface area contributed by atoms with Crippen LogP contribution in [0.15, 0.2) is 11.4 Å². The first kappa shape index (κ1) is 7.62. The third-order valence-electron chi connectivity index (χ3n) is 0.920. The van der Waals surface area contributed by atoms with Gasteiger partial charge in [0.15, 0.2) is 0 Å². The van der Waals surface area contributed by atoms with Gasteiger partial charge < -0.3 is 5.11 Å². The van der Waals surface area contributed by atoms with Gasteiger partial charge in [0.25, 0.3) is 0 Å². The molecular weight excluding hydrogens is 168 g/mol. The first-order valence-corrected chi connectivity index (χ1v) is 3.93. The first-order chi connectivity index (χ1) is 4.84. The third-order valence-corrected chi connectivity index (χ3v) is 2.09. The number of halogens is 1. The van der Waals surface area contributed by atoms with Gasteiger partial charge in [-0.05, 0) is 11.4 Å². The van der Waals surface area contributed by atoms with Crippen molar-refractivity contribution in [3.63, 3.8) is 0 Å². The van der Waals surface area contributed by atoms with Crippen molar-refractivity contribution in [2.24, 2.45) is 0 Å². The number of aliphatic hydroxyl groups excluding tert-OH is 1. The van der Waals surface area contributed by atoms with E-state index in [2.05, 4.69) is 11.8 Å². The zero-order valence-corrected chi connectivity index (χ0v) is 6.67. The van der Waals surface area contributed by atoms with Crippen LogP contribution in [0.2, 0.25) is 4.34 Å². The molecule has 0 aliphatic rings. The fraction of sp³-hybridized carbons (Fsp3) is 0.143. The predicted octanol–water partition coefficient (Wildman–Crippen LogP) is 1.75. The maximum Gasteiger partial charge on any atom is 0.108 e. The van der Waals surface area contributed by atoms with Gasteiger partial charge in [0.1, 0.15) is 10.9 Å². The Morgan fingerprint density at radius 2 is 2.50 bits per heavy atom. The predicted molar refractivity (Wildman–Crippen MR) is 43.3 cm³/mol. The molecule has 0 spiro atoms. The zero-order chi connectivity index (χ0) is 7.40. The SMILES string of the molecule is OCC#Cc1ccsc1Cl. The third kappa shape index (κ3) is 1.74. The van der Waals surface area contributed by atoms with E-state index in [1.54, 1.807) is 0 Å². The smallest absolute Gasteiger partial charge is 0.108 e. The molecule has 1 N–H and O–H groups in total. The number of hydrogen-bond donors (Lipinski definition) is 1. The molecule has 1 rings (SSSR count). The lowest BCUT2D eigenvalue weighted by molar-refractivity contribution is 0.350. The van der Waals surface area contributed by atoms with Crippen LogP contribution in [0, 0.1) is 11.8 Å². The summed E-state index contributed by atoms with van der Waals surface area (Å²) in [4.78, 5) is 0. The van der Waals surface area contributed by atoms with Crippen molar-refractivity contribution in [3.05, 3.63) is 21.3 Å². The van der Waals surface area contributed by atoms with Crippen LogP contribution < -0.4 is 0 Å². The molecule has 0 aliphatic heterocycles. The Hall–Kier alpha value is -0.490. The Labute approximate surface area is 68.3 Å². The summed E-state index contributed by atoms with van der Waals surface area (Å²) in [5.41, 5.74) is 0.792. The summed E-state index contributed by atoms with van der Waals surface area (Å²) in [6.07, 6.45) is 0. The van der Waals surface area contributed by atoms with Crippen LogP contribution in [-0.2, 0) is 0 Å². The molecule has 52 valence electrons. The number of hydrogen-bond acceptors (Lipinski definition) is 2. The van der Waals surface area contributed by atoms with E-state index in [4.69, 9.17) is 16.7 Å². The topological polar surface area (TPSA) is 20.2 Å². The Morgan fingerprint density at radius 1 is 1.70 bits per heavy atom. The minimum Gasteiger partial charge on any atom is -0.384 e. The molecule has 0 atom stereocenters. The second-order valence-corrected chi connectivity index (χ2v) is 3.09. The monoisotopic (exact) mass is 172 g/mol. The molecule has 1 heterocycles. The van der Waals surface area contributed by atoms with Crippen molar-refractivity contribution < 1.29 is 5.11 Å². The van der Waals surface area contributed by atoms with E-state index in [1.807, 2.05) is 11.4 Å². The fourth-order valence-electron chi connectivity index (χ4n) is 0.516. The van der Waals surface area contributed by atoms with Gasteiger partial charge in [-0.25, -0.2) is 0 Å². The van der Waals surface area contributed by atoms with E-state index in [0.717, 1.165) is 5.56 Å². The van der Waals surface area contributed by atoms with Crippen molar-refractivity contribution in [2.75, 3.05) is 6.61 Å². The van der Waals surface area contributed by atoms with Crippen LogP contribution >= 0.6 is 22.9 Å². The number of rotatable bonds is 0. The summed E-state index contributed by atoms with van der Waals surface area (Å²) in [5.74, 6) is 5.24. The molecule has 1 nitrogen and oxygen atoms in total. The summed E-state index contributed by atoms with van der Waals surface area (Å²) < 4.78 is 0.681. The molecule has 0 bridgehead atoms. The highest BCUT2D eigenvalue weighted by Crippen LogP contribution is 2.21. The Bertz CT molecular complexity index is 269. The first-order valence-electron chi connectivity index (χ1n) is 2.67. The van der Waals surface area contributed by atoms with E-state index in [9.17, 15) is 0 Å². The molecule has 0 fully saturated rings. The molecule has 0 saturated carbocycles. The molecule has 0 unspecified atom stereocenters. The van der Waals surface area contributed by atoms with Crippen molar-refractivity contribution in [1.29, 1.82) is 0 Å². The maximum absolute atomic E-state index is 8.34. The van der Waals surface area contributed by atoms with Gasteiger partial charge in [-0.2, -0.15) is 0 Å². The molecule has 0 radical (unpaired) electrons. The van der Waals surface area contributed by atoms with Crippen LogP contribution in [-0.4, -0.2) is 11.7 Å². The highest BCUT2D eigenvalue weighted by molar-refractivity contribution is 7.14. The molecule has 3 heteroatoms. The standard InChI is InChI=1S/C7H5ClOS/c8-7-6(2-1-4-9)3-5-10-7/h3,5,9H,4H2.